The van der Waals surface area contributed by atoms with Crippen LogP contribution in [-0.4, -0.2) is 25.9 Å². The van der Waals surface area contributed by atoms with Crippen molar-refractivity contribution >= 4 is 57.0 Å². The maximum absolute atomic E-state index is 12.0. The minimum Gasteiger partial charge on any atom is -0.493 e. The second kappa shape index (κ2) is 8.37. The highest BCUT2D eigenvalue weighted by Gasteiger charge is 2.14. The number of hydrogen-bond acceptors (Lipinski definition) is 4. The summed E-state index contributed by atoms with van der Waals surface area (Å²) in [6.45, 7) is -0.254. The molecule has 0 aliphatic rings. The first-order valence-electron chi connectivity index (χ1n) is 6.65. The monoisotopic (exact) mass is 431 g/mol. The second-order valence-corrected chi connectivity index (χ2v) is 6.29. The molecule has 2 aromatic carbocycles. The van der Waals surface area contributed by atoms with Crippen molar-refractivity contribution in [1.29, 1.82) is 0 Å². The number of methoxy groups -OCH3 is 1. The van der Waals surface area contributed by atoms with Crippen LogP contribution in [0.5, 0.6) is 11.5 Å². The summed E-state index contributed by atoms with van der Waals surface area (Å²) in [7, 11) is 1.44. The van der Waals surface area contributed by atoms with E-state index < -0.39 is 0 Å². The molecule has 1 amide bonds. The van der Waals surface area contributed by atoms with Gasteiger partial charge in [0.2, 0.25) is 0 Å². The van der Waals surface area contributed by atoms with Crippen molar-refractivity contribution in [2.45, 2.75) is 0 Å². The summed E-state index contributed by atoms with van der Waals surface area (Å²) >= 11 is 15.0. The van der Waals surface area contributed by atoms with Crippen molar-refractivity contribution in [3.63, 3.8) is 0 Å². The van der Waals surface area contributed by atoms with Crippen molar-refractivity contribution in [3.8, 4) is 11.5 Å². The molecule has 126 valence electrons. The van der Waals surface area contributed by atoms with Gasteiger partial charge in [-0.25, -0.2) is 0 Å². The molecule has 0 unspecified atom stereocenters. The van der Waals surface area contributed by atoms with Gasteiger partial charge in [-0.2, -0.15) is 0 Å². The molecule has 24 heavy (non-hydrogen) atoms. The molecule has 0 bridgehead atoms. The lowest BCUT2D eigenvalue weighted by atomic mass is 10.2. The first kappa shape index (κ1) is 18.6. The molecule has 0 fully saturated rings. The fourth-order valence-electron chi connectivity index (χ4n) is 1.86. The highest BCUT2D eigenvalue weighted by molar-refractivity contribution is 9.10. The van der Waals surface area contributed by atoms with Gasteiger partial charge in [-0.05, 0) is 46.3 Å². The highest BCUT2D eigenvalue weighted by Crippen LogP contribution is 2.36. The Labute approximate surface area is 157 Å². The van der Waals surface area contributed by atoms with Crippen LogP contribution in [0.2, 0.25) is 10.0 Å². The number of halogens is 3. The van der Waals surface area contributed by atoms with Crippen LogP contribution in [0.4, 0.5) is 5.69 Å². The number of nitrogens with one attached hydrogen (secondary N) is 1. The van der Waals surface area contributed by atoms with E-state index in [2.05, 4.69) is 21.2 Å². The van der Waals surface area contributed by atoms with Gasteiger partial charge in [0.15, 0.2) is 18.1 Å². The van der Waals surface area contributed by atoms with Gasteiger partial charge in [-0.3, -0.25) is 9.59 Å². The molecule has 0 aliphatic carbocycles. The summed E-state index contributed by atoms with van der Waals surface area (Å²) < 4.78 is 11.2. The Morgan fingerprint density at radius 3 is 2.62 bits per heavy atom. The van der Waals surface area contributed by atoms with Gasteiger partial charge in [-0.1, -0.05) is 23.2 Å². The zero-order valence-corrected chi connectivity index (χ0v) is 15.5. The highest BCUT2D eigenvalue weighted by atomic mass is 79.9. The summed E-state index contributed by atoms with van der Waals surface area (Å²) in [6, 6.07) is 7.84. The lowest BCUT2D eigenvalue weighted by Crippen LogP contribution is -2.20. The largest absolute Gasteiger partial charge is 0.493 e. The van der Waals surface area contributed by atoms with Gasteiger partial charge < -0.3 is 14.8 Å². The Kier molecular flexibility index (Phi) is 6.48. The van der Waals surface area contributed by atoms with E-state index in [1.54, 1.807) is 18.2 Å². The molecular weight excluding hydrogens is 421 g/mol. The molecule has 0 aromatic heterocycles. The van der Waals surface area contributed by atoms with Crippen LogP contribution >= 0.6 is 39.1 Å². The maximum Gasteiger partial charge on any atom is 0.262 e. The minimum atomic E-state index is -0.387. The van der Waals surface area contributed by atoms with E-state index in [0.29, 0.717) is 43.6 Å². The fraction of sp³-hybridized carbons (Fsp3) is 0.125. The second-order valence-electron chi connectivity index (χ2n) is 4.62. The van der Waals surface area contributed by atoms with Gasteiger partial charge in [0, 0.05) is 11.3 Å². The van der Waals surface area contributed by atoms with E-state index in [1.807, 2.05) is 0 Å². The maximum atomic E-state index is 12.0. The Morgan fingerprint density at radius 1 is 1.25 bits per heavy atom. The van der Waals surface area contributed by atoms with E-state index in [0.717, 1.165) is 0 Å². The average molecular weight is 433 g/mol. The minimum absolute atomic E-state index is 0.254. The molecule has 8 heteroatoms. The van der Waals surface area contributed by atoms with Crippen LogP contribution in [0.15, 0.2) is 34.8 Å². The van der Waals surface area contributed by atoms with E-state index in [4.69, 9.17) is 32.7 Å². The third-order valence-corrected chi connectivity index (χ3v) is 4.27. The average Bonchev–Trinajstić information content (AvgIpc) is 2.56. The topological polar surface area (TPSA) is 64.6 Å². The van der Waals surface area contributed by atoms with E-state index in [9.17, 15) is 9.59 Å². The Balaban J connectivity index is 2.06. The van der Waals surface area contributed by atoms with Crippen LogP contribution in [-0.2, 0) is 4.79 Å². The van der Waals surface area contributed by atoms with Crippen LogP contribution in [0.3, 0.4) is 0 Å². The SMILES string of the molecule is COc1cc(C=O)cc(Br)c1OCC(=O)Nc1ccc(Cl)c(Cl)c1. The Hall–Kier alpha value is -1.76. The van der Waals surface area contributed by atoms with Crippen LogP contribution in [0.25, 0.3) is 0 Å². The molecule has 0 radical (unpaired) electrons. The first-order valence-corrected chi connectivity index (χ1v) is 8.20. The number of amides is 1. The van der Waals surface area contributed by atoms with Crippen molar-refractivity contribution in [3.05, 3.63) is 50.4 Å². The van der Waals surface area contributed by atoms with E-state index in [-0.39, 0.29) is 12.5 Å². The Bertz CT molecular complexity index is 783. The third kappa shape index (κ3) is 4.63. The normalized spacial score (nSPS) is 10.2. The number of anilines is 1. The lowest BCUT2D eigenvalue weighted by Gasteiger charge is -2.13. The van der Waals surface area contributed by atoms with Crippen LogP contribution < -0.4 is 14.8 Å². The van der Waals surface area contributed by atoms with Gasteiger partial charge >= 0.3 is 0 Å². The molecular formula is C16H12BrCl2NO4. The third-order valence-electron chi connectivity index (χ3n) is 2.94. The summed E-state index contributed by atoms with van der Waals surface area (Å²) in [4.78, 5) is 22.8. The van der Waals surface area contributed by atoms with Gasteiger partial charge in [-0.15, -0.1) is 0 Å². The molecule has 0 saturated carbocycles. The summed E-state index contributed by atoms with van der Waals surface area (Å²) in [6.07, 6.45) is 0.689. The molecule has 0 saturated heterocycles. The number of carbonyl (C=O) groups is 2. The smallest absolute Gasteiger partial charge is 0.262 e. The number of ether oxygens (including phenoxy) is 2. The first-order chi connectivity index (χ1) is 11.4. The summed E-state index contributed by atoms with van der Waals surface area (Å²) in [5.74, 6) is 0.281. The molecule has 2 aromatic rings. The van der Waals surface area contributed by atoms with E-state index >= 15 is 0 Å². The number of rotatable bonds is 6. The Morgan fingerprint density at radius 2 is 2.00 bits per heavy atom. The van der Waals surface area contributed by atoms with Crippen molar-refractivity contribution in [1.82, 2.24) is 0 Å². The predicted octanol–water partition coefficient (Wildman–Crippen LogP) is 4.59. The lowest BCUT2D eigenvalue weighted by molar-refractivity contribution is -0.118. The van der Waals surface area contributed by atoms with Crippen LogP contribution in [0, 0.1) is 0 Å². The van der Waals surface area contributed by atoms with E-state index in [1.165, 1.54) is 19.2 Å². The van der Waals surface area contributed by atoms with Gasteiger partial charge in [0.1, 0.15) is 6.29 Å². The molecule has 0 aliphatic heterocycles. The zero-order chi connectivity index (χ0) is 17.7. The summed E-state index contributed by atoms with van der Waals surface area (Å²) in [5.41, 5.74) is 0.923. The molecule has 0 spiro atoms. The number of hydrogen-bond donors (Lipinski definition) is 1. The molecule has 1 N–H and O–H groups in total. The molecule has 5 nitrogen and oxygen atoms in total. The number of carbonyl (C=O) groups excluding carboxylic acids is 2. The summed E-state index contributed by atoms with van der Waals surface area (Å²) in [5, 5.41) is 3.38. The molecule has 2 rings (SSSR count). The van der Waals surface area contributed by atoms with Crippen molar-refractivity contribution in [2.75, 3.05) is 19.0 Å². The van der Waals surface area contributed by atoms with Crippen molar-refractivity contribution in [2.24, 2.45) is 0 Å². The van der Waals surface area contributed by atoms with Crippen LogP contribution in [0.1, 0.15) is 10.4 Å². The van der Waals surface area contributed by atoms with Crippen molar-refractivity contribution < 1.29 is 19.1 Å². The van der Waals surface area contributed by atoms with Gasteiger partial charge in [0.05, 0.1) is 21.6 Å². The number of aldehydes is 1. The standard InChI is InChI=1S/C16H12BrCl2NO4/c1-23-14-5-9(7-21)4-11(17)16(14)24-8-15(22)20-10-2-3-12(18)13(19)6-10/h2-7H,8H2,1H3,(H,20,22). The number of benzene rings is 2. The molecule has 0 heterocycles. The quantitative estimate of drug-likeness (QED) is 0.677. The molecule has 0 atom stereocenters. The fourth-order valence-corrected chi connectivity index (χ4v) is 2.73. The zero-order valence-electron chi connectivity index (χ0n) is 12.4. The predicted molar refractivity (Wildman–Crippen MR) is 96.7 cm³/mol. The van der Waals surface area contributed by atoms with Gasteiger partial charge in [0.25, 0.3) is 5.91 Å².